The summed E-state index contributed by atoms with van der Waals surface area (Å²) in [5, 5.41) is 11.7. The van der Waals surface area contributed by atoms with E-state index >= 15 is 0 Å². The molecular weight excluding hydrogens is 284 g/mol. The van der Waals surface area contributed by atoms with Gasteiger partial charge in [0.1, 0.15) is 5.69 Å². The van der Waals surface area contributed by atoms with Crippen molar-refractivity contribution in [2.75, 3.05) is 0 Å². The van der Waals surface area contributed by atoms with E-state index < -0.39 is 16.7 Å². The normalized spacial score (nSPS) is 9.80. The zero-order chi connectivity index (χ0) is 14.5. The Balaban J connectivity index is 1.95. The Morgan fingerprint density at radius 3 is 2.60 bits per heavy atom. The number of nitro groups is 1. The highest BCUT2D eigenvalue weighted by Crippen LogP contribution is 2.22. The maximum absolute atomic E-state index is 11.7. The fourth-order valence-corrected chi connectivity index (χ4v) is 1.99. The number of nitrogens with zero attached hydrogens (tertiary/aromatic N) is 2. The monoisotopic (exact) mass is 292 g/mol. The molecule has 2 aromatic heterocycles. The number of amides is 2. The average molecular weight is 292 g/mol. The van der Waals surface area contributed by atoms with Gasteiger partial charge in [0.25, 0.3) is 11.8 Å². The fraction of sp³-hybridized carbons (Fsp3) is 0. The minimum atomic E-state index is -0.640. The van der Waals surface area contributed by atoms with Gasteiger partial charge < -0.3 is 0 Å². The van der Waals surface area contributed by atoms with Crippen LogP contribution in [0.4, 0.5) is 5.00 Å². The van der Waals surface area contributed by atoms with Crippen LogP contribution in [0.5, 0.6) is 0 Å². The lowest BCUT2D eigenvalue weighted by molar-refractivity contribution is -0.380. The summed E-state index contributed by atoms with van der Waals surface area (Å²) in [5.74, 6) is -1.22. The van der Waals surface area contributed by atoms with E-state index in [1.807, 2.05) is 0 Å². The second-order valence-electron chi connectivity index (χ2n) is 3.55. The number of rotatable bonds is 3. The van der Waals surface area contributed by atoms with Gasteiger partial charge in [-0.1, -0.05) is 17.4 Å². The van der Waals surface area contributed by atoms with Crippen LogP contribution in [0.15, 0.2) is 35.8 Å². The molecule has 0 saturated heterocycles. The molecule has 0 unspecified atom stereocenters. The number of carbonyl (C=O) groups excluding carboxylic acids is 2. The van der Waals surface area contributed by atoms with Crippen molar-refractivity contribution in [2.24, 2.45) is 0 Å². The molecule has 0 fully saturated rings. The molecule has 102 valence electrons. The lowest BCUT2D eigenvalue weighted by Crippen LogP contribution is -2.41. The first-order valence-electron chi connectivity index (χ1n) is 5.32. The molecule has 0 aliphatic heterocycles. The standard InChI is InChI=1S/C11H8N4O4S/c16-10(7-5-9(15(18)19)20-6-7)13-14-11(17)8-3-1-2-4-12-8/h1-6H,(H,13,16)(H,14,17). The molecule has 0 bridgehead atoms. The van der Waals surface area contributed by atoms with E-state index in [1.54, 1.807) is 12.1 Å². The Bertz CT molecular complexity index is 655. The quantitative estimate of drug-likeness (QED) is 0.650. The smallest absolute Gasteiger partial charge is 0.267 e. The lowest BCUT2D eigenvalue weighted by Gasteiger charge is -2.05. The van der Waals surface area contributed by atoms with E-state index in [1.165, 1.54) is 17.6 Å². The highest BCUT2D eigenvalue weighted by molar-refractivity contribution is 7.13. The van der Waals surface area contributed by atoms with Crippen molar-refractivity contribution >= 4 is 28.2 Å². The fourth-order valence-electron chi connectivity index (χ4n) is 1.29. The van der Waals surface area contributed by atoms with Crippen LogP contribution in [0.1, 0.15) is 20.8 Å². The SMILES string of the molecule is O=C(NNC(=O)c1ccccn1)c1csc([N+](=O)[O-])c1. The van der Waals surface area contributed by atoms with Crippen LogP contribution in [-0.2, 0) is 0 Å². The molecule has 20 heavy (non-hydrogen) atoms. The van der Waals surface area contributed by atoms with E-state index in [0.29, 0.717) is 0 Å². The van der Waals surface area contributed by atoms with E-state index in [-0.39, 0.29) is 16.3 Å². The van der Waals surface area contributed by atoms with E-state index in [2.05, 4.69) is 15.8 Å². The molecule has 2 aromatic rings. The zero-order valence-electron chi connectivity index (χ0n) is 9.90. The summed E-state index contributed by atoms with van der Waals surface area (Å²) in [6.45, 7) is 0. The molecule has 0 saturated carbocycles. The number of hydrogen-bond acceptors (Lipinski definition) is 6. The van der Waals surface area contributed by atoms with Crippen molar-refractivity contribution in [2.45, 2.75) is 0 Å². The maximum Gasteiger partial charge on any atom is 0.324 e. The Morgan fingerprint density at radius 2 is 2.00 bits per heavy atom. The number of thiophene rings is 1. The molecule has 9 heteroatoms. The third-order valence-electron chi connectivity index (χ3n) is 2.21. The summed E-state index contributed by atoms with van der Waals surface area (Å²) < 4.78 is 0. The summed E-state index contributed by atoms with van der Waals surface area (Å²) >= 11 is 0.832. The van der Waals surface area contributed by atoms with Gasteiger partial charge in [-0.15, -0.1) is 0 Å². The number of aromatic nitrogens is 1. The van der Waals surface area contributed by atoms with Crippen molar-refractivity contribution < 1.29 is 14.5 Å². The van der Waals surface area contributed by atoms with Crippen LogP contribution >= 0.6 is 11.3 Å². The van der Waals surface area contributed by atoms with Gasteiger partial charge >= 0.3 is 5.00 Å². The lowest BCUT2D eigenvalue weighted by atomic mass is 10.3. The number of carbonyl (C=O) groups is 2. The first-order valence-corrected chi connectivity index (χ1v) is 6.20. The molecule has 2 amide bonds. The number of hydrazine groups is 1. The van der Waals surface area contributed by atoms with Gasteiger partial charge in [0.05, 0.1) is 10.5 Å². The van der Waals surface area contributed by atoms with Crippen molar-refractivity contribution in [3.63, 3.8) is 0 Å². The minimum absolute atomic E-state index is 0.100. The Labute approximate surface area is 116 Å². The predicted molar refractivity (Wildman–Crippen MR) is 70.1 cm³/mol. The largest absolute Gasteiger partial charge is 0.324 e. The zero-order valence-corrected chi connectivity index (χ0v) is 10.7. The summed E-state index contributed by atoms with van der Waals surface area (Å²) in [5.41, 5.74) is 4.57. The van der Waals surface area contributed by atoms with Gasteiger partial charge in [0, 0.05) is 17.6 Å². The number of nitrogens with one attached hydrogen (secondary N) is 2. The van der Waals surface area contributed by atoms with Crippen LogP contribution in [0.2, 0.25) is 0 Å². The van der Waals surface area contributed by atoms with Crippen molar-refractivity contribution in [3.05, 3.63) is 57.2 Å². The third kappa shape index (κ3) is 3.14. The third-order valence-corrected chi connectivity index (χ3v) is 3.10. The van der Waals surface area contributed by atoms with Gasteiger partial charge in [0.2, 0.25) is 0 Å². The number of hydrogen-bond donors (Lipinski definition) is 2. The molecule has 8 nitrogen and oxygen atoms in total. The Morgan fingerprint density at radius 1 is 1.25 bits per heavy atom. The topological polar surface area (TPSA) is 114 Å². The number of pyridine rings is 1. The first-order chi connectivity index (χ1) is 9.58. The molecule has 0 aromatic carbocycles. The van der Waals surface area contributed by atoms with Crippen molar-refractivity contribution in [3.8, 4) is 0 Å². The first kappa shape index (κ1) is 13.6. The molecule has 0 atom stereocenters. The average Bonchev–Trinajstić information content (AvgIpc) is 2.95. The molecule has 2 heterocycles. The Hall–Kier alpha value is -2.81. The second-order valence-corrected chi connectivity index (χ2v) is 4.44. The van der Waals surface area contributed by atoms with Crippen LogP contribution < -0.4 is 10.9 Å². The molecule has 0 radical (unpaired) electrons. The van der Waals surface area contributed by atoms with E-state index in [9.17, 15) is 19.7 Å². The van der Waals surface area contributed by atoms with Crippen LogP contribution in [0, 0.1) is 10.1 Å². The van der Waals surface area contributed by atoms with Crippen LogP contribution in [0.25, 0.3) is 0 Å². The molecule has 0 spiro atoms. The summed E-state index contributed by atoms with van der Waals surface area (Å²) in [6.07, 6.45) is 1.44. The molecule has 2 N–H and O–H groups in total. The van der Waals surface area contributed by atoms with Gasteiger partial charge in [-0.05, 0) is 12.1 Å². The van der Waals surface area contributed by atoms with Gasteiger partial charge in [-0.2, -0.15) is 0 Å². The van der Waals surface area contributed by atoms with Crippen LogP contribution in [0.3, 0.4) is 0 Å². The maximum atomic E-state index is 11.7. The highest BCUT2D eigenvalue weighted by Gasteiger charge is 2.15. The van der Waals surface area contributed by atoms with Gasteiger partial charge in [0.15, 0.2) is 0 Å². The van der Waals surface area contributed by atoms with E-state index in [0.717, 1.165) is 17.4 Å². The van der Waals surface area contributed by atoms with Gasteiger partial charge in [-0.3, -0.25) is 35.5 Å². The second kappa shape index (κ2) is 5.89. The Kier molecular flexibility index (Phi) is 4.01. The summed E-state index contributed by atoms with van der Waals surface area (Å²) in [4.78, 5) is 37.0. The minimum Gasteiger partial charge on any atom is -0.267 e. The molecule has 0 aliphatic rings. The predicted octanol–water partition coefficient (Wildman–Crippen LogP) is 1.13. The van der Waals surface area contributed by atoms with Crippen molar-refractivity contribution in [1.82, 2.24) is 15.8 Å². The van der Waals surface area contributed by atoms with E-state index in [4.69, 9.17) is 0 Å². The van der Waals surface area contributed by atoms with Gasteiger partial charge in [-0.25, -0.2) is 0 Å². The molecular formula is C11H8N4O4S. The highest BCUT2D eigenvalue weighted by atomic mass is 32.1. The van der Waals surface area contributed by atoms with Crippen molar-refractivity contribution in [1.29, 1.82) is 0 Å². The summed E-state index contributed by atoms with van der Waals surface area (Å²) in [7, 11) is 0. The molecule has 2 rings (SSSR count). The van der Waals surface area contributed by atoms with Crippen LogP contribution in [-0.4, -0.2) is 21.7 Å². The summed E-state index contributed by atoms with van der Waals surface area (Å²) in [6, 6.07) is 5.90. The molecule has 0 aliphatic carbocycles.